The van der Waals surface area contributed by atoms with Crippen LogP contribution in [0.5, 0.6) is 0 Å². The number of carbonyl (C=O) groups is 2. The van der Waals surface area contributed by atoms with Gasteiger partial charge in [0.15, 0.2) is 5.78 Å². The monoisotopic (exact) mass is 288 g/mol. The molecular weight excluding hydrogens is 264 g/mol. The molecule has 114 valence electrons. The van der Waals surface area contributed by atoms with Gasteiger partial charge in [-0.2, -0.15) is 0 Å². The maximum atomic E-state index is 12.8. The lowest BCUT2D eigenvalue weighted by Crippen LogP contribution is -2.52. The van der Waals surface area contributed by atoms with Crippen LogP contribution >= 0.6 is 0 Å². The highest BCUT2D eigenvalue weighted by Gasteiger charge is 2.39. The summed E-state index contributed by atoms with van der Waals surface area (Å²) in [4.78, 5) is 29.2. The average molecular weight is 288 g/mol. The fraction of sp³-hybridized carbons (Fsp3) is 0.647. The van der Waals surface area contributed by atoms with Gasteiger partial charge in [0, 0.05) is 24.3 Å². The third-order valence-corrected chi connectivity index (χ3v) is 5.32. The number of fused-ring (bicyclic) bond motifs is 1. The van der Waals surface area contributed by atoms with Gasteiger partial charge in [-0.3, -0.25) is 9.59 Å². The van der Waals surface area contributed by atoms with Crippen LogP contribution in [0, 0.1) is 11.8 Å². The van der Waals surface area contributed by atoms with Crippen molar-refractivity contribution in [2.45, 2.75) is 52.0 Å². The largest absolute Gasteiger partial charge is 0.356 e. The third-order valence-electron chi connectivity index (χ3n) is 5.32. The lowest BCUT2D eigenvalue weighted by molar-refractivity contribution is 0.0213. The summed E-state index contributed by atoms with van der Waals surface area (Å²) in [5, 5.41) is 0. The van der Waals surface area contributed by atoms with Crippen LogP contribution in [0.4, 0.5) is 0 Å². The number of amides is 1. The zero-order chi connectivity index (χ0) is 15.0. The first-order valence-corrected chi connectivity index (χ1v) is 8.08. The molecule has 4 nitrogen and oxygen atoms in total. The minimum absolute atomic E-state index is 0.00638. The van der Waals surface area contributed by atoms with Gasteiger partial charge >= 0.3 is 0 Å². The molecule has 1 aliphatic heterocycles. The molecule has 1 aromatic rings. The number of piperidine rings is 1. The zero-order valence-electron chi connectivity index (χ0n) is 12.9. The molecule has 0 aromatic carbocycles. The molecule has 1 saturated heterocycles. The summed E-state index contributed by atoms with van der Waals surface area (Å²) in [7, 11) is 0. The van der Waals surface area contributed by atoms with Crippen molar-refractivity contribution in [3.05, 3.63) is 23.5 Å². The van der Waals surface area contributed by atoms with Gasteiger partial charge in [-0.05, 0) is 44.1 Å². The van der Waals surface area contributed by atoms with E-state index in [0.29, 0.717) is 23.2 Å². The van der Waals surface area contributed by atoms with Crippen molar-refractivity contribution in [2.24, 2.45) is 11.8 Å². The molecule has 21 heavy (non-hydrogen) atoms. The van der Waals surface area contributed by atoms with Crippen LogP contribution in [-0.4, -0.2) is 34.2 Å². The molecule has 0 spiro atoms. The van der Waals surface area contributed by atoms with Gasteiger partial charge in [0.05, 0.1) is 0 Å². The number of nitrogens with one attached hydrogen (secondary N) is 1. The summed E-state index contributed by atoms with van der Waals surface area (Å²) in [5.41, 5.74) is 1.14. The molecule has 1 aliphatic carbocycles. The molecule has 4 heteroatoms. The molecule has 3 atom stereocenters. The molecular formula is C17H24N2O2. The Hall–Kier alpha value is -1.58. The molecule has 3 rings (SSSR count). The first-order valence-electron chi connectivity index (χ1n) is 8.08. The van der Waals surface area contributed by atoms with Crippen LogP contribution in [0.1, 0.15) is 66.8 Å². The predicted molar refractivity (Wildman–Crippen MR) is 81.4 cm³/mol. The molecule has 0 radical (unpaired) electrons. The summed E-state index contributed by atoms with van der Waals surface area (Å²) in [5.74, 6) is 1.42. The summed E-state index contributed by atoms with van der Waals surface area (Å²) in [6, 6.07) is 2.08. The van der Waals surface area contributed by atoms with Crippen LogP contribution in [0.15, 0.2) is 12.3 Å². The number of ketones is 1. The summed E-state index contributed by atoms with van der Waals surface area (Å²) >= 11 is 0. The first kappa shape index (κ1) is 14.4. The van der Waals surface area contributed by atoms with Gasteiger partial charge < -0.3 is 9.88 Å². The lowest BCUT2D eigenvalue weighted by atomic mass is 9.72. The van der Waals surface area contributed by atoms with Gasteiger partial charge in [0.25, 0.3) is 5.91 Å². The van der Waals surface area contributed by atoms with Crippen molar-refractivity contribution in [3.63, 3.8) is 0 Å². The molecule has 0 bridgehead atoms. The van der Waals surface area contributed by atoms with Crippen molar-refractivity contribution in [3.8, 4) is 0 Å². The highest BCUT2D eigenvalue weighted by atomic mass is 16.2. The maximum absolute atomic E-state index is 12.8. The smallest absolute Gasteiger partial charge is 0.270 e. The number of H-pyrrole nitrogens is 1. The predicted octanol–water partition coefficient (Wildman–Crippen LogP) is 3.26. The standard InChI is InChI=1S/C17H24N2O2/c1-11-7-8-19(16-6-4-3-5-14(11)16)17(21)15-9-13(10-18-15)12(2)20/h9-11,14,16,18H,3-8H2,1-2H3/t11-,14+,16+/m0/s1. The zero-order valence-corrected chi connectivity index (χ0v) is 12.9. The Bertz CT molecular complexity index is 549. The fourth-order valence-electron chi connectivity index (χ4n) is 4.04. The van der Waals surface area contributed by atoms with Crippen molar-refractivity contribution in [1.82, 2.24) is 9.88 Å². The van der Waals surface area contributed by atoms with E-state index in [4.69, 9.17) is 0 Å². The molecule has 1 aromatic heterocycles. The Morgan fingerprint density at radius 1 is 1.24 bits per heavy atom. The summed E-state index contributed by atoms with van der Waals surface area (Å²) in [6.45, 7) is 4.69. The van der Waals surface area contributed by atoms with Gasteiger partial charge in [0.1, 0.15) is 5.69 Å². The number of aromatic amines is 1. The second-order valence-corrected chi connectivity index (χ2v) is 6.64. The summed E-state index contributed by atoms with van der Waals surface area (Å²) < 4.78 is 0. The number of carbonyl (C=O) groups excluding carboxylic acids is 2. The number of likely N-dealkylation sites (tertiary alicyclic amines) is 1. The Balaban J connectivity index is 1.81. The number of hydrogen-bond donors (Lipinski definition) is 1. The van der Waals surface area contributed by atoms with Crippen molar-refractivity contribution >= 4 is 11.7 Å². The Kier molecular flexibility index (Phi) is 3.87. The quantitative estimate of drug-likeness (QED) is 0.849. The normalized spacial score (nSPS) is 29.0. The Morgan fingerprint density at radius 3 is 2.71 bits per heavy atom. The summed E-state index contributed by atoms with van der Waals surface area (Å²) in [6.07, 6.45) is 7.62. The number of aromatic nitrogens is 1. The van der Waals surface area contributed by atoms with Crippen LogP contribution in [-0.2, 0) is 0 Å². The molecule has 1 amide bonds. The van der Waals surface area contributed by atoms with E-state index in [1.807, 2.05) is 0 Å². The Morgan fingerprint density at radius 2 is 2.00 bits per heavy atom. The van der Waals surface area contributed by atoms with E-state index in [2.05, 4.69) is 16.8 Å². The van der Waals surface area contributed by atoms with Crippen molar-refractivity contribution in [2.75, 3.05) is 6.54 Å². The number of nitrogens with zero attached hydrogens (tertiary/aromatic N) is 1. The minimum Gasteiger partial charge on any atom is -0.356 e. The first-order chi connectivity index (χ1) is 10.1. The van der Waals surface area contributed by atoms with E-state index in [9.17, 15) is 9.59 Å². The van der Waals surface area contributed by atoms with Gasteiger partial charge in [0.2, 0.25) is 0 Å². The van der Waals surface area contributed by atoms with Crippen LogP contribution < -0.4 is 0 Å². The van der Waals surface area contributed by atoms with E-state index in [-0.39, 0.29) is 11.7 Å². The molecule has 2 aliphatic rings. The van der Waals surface area contributed by atoms with Crippen LogP contribution in [0.25, 0.3) is 0 Å². The minimum atomic E-state index is -0.00638. The molecule has 1 N–H and O–H groups in total. The number of Topliss-reactive ketones (excluding diaryl/α,β-unsaturated/α-hetero) is 1. The fourth-order valence-corrected chi connectivity index (χ4v) is 4.04. The molecule has 2 fully saturated rings. The van der Waals surface area contributed by atoms with Gasteiger partial charge in [-0.15, -0.1) is 0 Å². The molecule has 0 unspecified atom stereocenters. The highest BCUT2D eigenvalue weighted by Crippen LogP contribution is 2.39. The van der Waals surface area contributed by atoms with E-state index in [1.54, 1.807) is 12.3 Å². The van der Waals surface area contributed by atoms with E-state index >= 15 is 0 Å². The highest BCUT2D eigenvalue weighted by molar-refractivity contribution is 5.99. The molecule has 1 saturated carbocycles. The van der Waals surface area contributed by atoms with Crippen molar-refractivity contribution < 1.29 is 9.59 Å². The maximum Gasteiger partial charge on any atom is 0.270 e. The number of rotatable bonds is 2. The molecule has 2 heterocycles. The number of hydrogen-bond acceptors (Lipinski definition) is 2. The van der Waals surface area contributed by atoms with Crippen LogP contribution in [0.2, 0.25) is 0 Å². The topological polar surface area (TPSA) is 53.2 Å². The second kappa shape index (κ2) is 5.66. The van der Waals surface area contributed by atoms with E-state index in [1.165, 1.54) is 26.2 Å². The lowest BCUT2D eigenvalue weighted by Gasteiger charge is -2.47. The Labute approximate surface area is 125 Å². The van der Waals surface area contributed by atoms with Crippen molar-refractivity contribution in [1.29, 1.82) is 0 Å². The third kappa shape index (κ3) is 2.63. The average Bonchev–Trinajstić information content (AvgIpc) is 2.97. The second-order valence-electron chi connectivity index (χ2n) is 6.64. The van der Waals surface area contributed by atoms with E-state index in [0.717, 1.165) is 25.3 Å². The van der Waals surface area contributed by atoms with Gasteiger partial charge in [-0.1, -0.05) is 19.8 Å². The van der Waals surface area contributed by atoms with Gasteiger partial charge in [-0.25, -0.2) is 0 Å². The SMILES string of the molecule is CC(=O)c1c[nH]c(C(=O)N2CC[C@H](C)[C@H]3CCCC[C@H]32)c1. The van der Waals surface area contributed by atoms with Crippen LogP contribution in [0.3, 0.4) is 0 Å². The van der Waals surface area contributed by atoms with E-state index < -0.39 is 0 Å².